The molecule has 1 aliphatic carbocycles. The molecule has 2 fully saturated rings. The molecule has 0 bridgehead atoms. The fourth-order valence-electron chi connectivity index (χ4n) is 5.38. The number of aliphatic carboxylic acids is 1. The average Bonchev–Trinajstić information content (AvgIpc) is 2.90. The smallest absolute Gasteiger partial charge is 0.304 e. The van der Waals surface area contributed by atoms with Gasteiger partial charge in [0.2, 0.25) is 0 Å². The van der Waals surface area contributed by atoms with Crippen molar-refractivity contribution in [3.8, 4) is 17.3 Å². The molecule has 4 rings (SSSR count). The van der Waals surface area contributed by atoms with Gasteiger partial charge in [0, 0.05) is 49.3 Å². The van der Waals surface area contributed by atoms with Crippen molar-refractivity contribution in [1.82, 2.24) is 15.3 Å². The zero-order chi connectivity index (χ0) is 26.3. The number of carbonyl (C=O) groups is 1. The fraction of sp³-hybridized carbons (Fsp3) is 0.571. The number of aromatic nitrogens is 2. The first-order valence-corrected chi connectivity index (χ1v) is 13.6. The second kappa shape index (κ2) is 12.7. The number of rotatable bonds is 10. The molecule has 3 heterocycles. The first-order valence-electron chi connectivity index (χ1n) is 13.2. The molecule has 0 aromatic carbocycles. The van der Waals surface area contributed by atoms with Crippen LogP contribution in [0.3, 0.4) is 0 Å². The SMILES string of the molecule is C[C@H](CC(=O)O)NC1CCC(Cc2cc(-c3cccc(NCC4(C#N)CCOCC4)n3)c(Cl)cn2)CC1. The third-order valence-corrected chi connectivity index (χ3v) is 7.88. The van der Waals surface area contributed by atoms with Crippen molar-refractivity contribution in [1.29, 1.82) is 5.26 Å². The van der Waals surface area contributed by atoms with Gasteiger partial charge in [0.05, 0.1) is 28.6 Å². The molecular weight excluding hydrogens is 490 g/mol. The van der Waals surface area contributed by atoms with Crippen molar-refractivity contribution in [3.05, 3.63) is 41.2 Å². The standard InChI is InChI=1S/C28H36ClN5O3/c1-19(13-27(35)36)33-21-7-5-20(6-8-21)14-22-15-23(24(29)16-31-22)25-3-2-4-26(34-25)32-18-28(17-30)9-11-37-12-10-28/h2-4,15-16,19-21,33H,5-14,18H2,1H3,(H,32,34)(H,35,36)/t19-,20?,21?/m1/s1. The Kier molecular flexibility index (Phi) is 9.36. The molecule has 2 aromatic heterocycles. The summed E-state index contributed by atoms with van der Waals surface area (Å²) in [4.78, 5) is 20.3. The van der Waals surface area contributed by atoms with E-state index in [0.29, 0.717) is 36.7 Å². The zero-order valence-electron chi connectivity index (χ0n) is 21.4. The van der Waals surface area contributed by atoms with E-state index in [1.165, 1.54) is 0 Å². The van der Waals surface area contributed by atoms with Crippen molar-refractivity contribution < 1.29 is 14.6 Å². The van der Waals surface area contributed by atoms with Crippen LogP contribution >= 0.6 is 11.6 Å². The lowest BCUT2D eigenvalue weighted by Crippen LogP contribution is -2.40. The van der Waals surface area contributed by atoms with E-state index in [1.807, 2.05) is 31.2 Å². The van der Waals surface area contributed by atoms with E-state index in [-0.39, 0.29) is 12.5 Å². The number of hydrogen-bond acceptors (Lipinski definition) is 7. The molecule has 8 nitrogen and oxygen atoms in total. The zero-order valence-corrected chi connectivity index (χ0v) is 22.1. The first-order chi connectivity index (χ1) is 17.9. The van der Waals surface area contributed by atoms with Crippen LogP contribution in [0.2, 0.25) is 5.02 Å². The normalized spacial score (nSPS) is 22.1. The lowest BCUT2D eigenvalue weighted by Gasteiger charge is -2.31. The molecule has 1 aliphatic heterocycles. The highest BCUT2D eigenvalue weighted by molar-refractivity contribution is 6.33. The summed E-state index contributed by atoms with van der Waals surface area (Å²) < 4.78 is 5.43. The van der Waals surface area contributed by atoms with Crippen LogP contribution in [-0.4, -0.2) is 52.9 Å². The Morgan fingerprint density at radius 1 is 1.30 bits per heavy atom. The summed E-state index contributed by atoms with van der Waals surface area (Å²) in [5.41, 5.74) is 2.20. The Balaban J connectivity index is 1.36. The molecular formula is C28H36ClN5O3. The molecule has 2 aliphatic rings. The number of anilines is 1. The summed E-state index contributed by atoms with van der Waals surface area (Å²) >= 11 is 6.54. The maximum Gasteiger partial charge on any atom is 0.304 e. The van der Waals surface area contributed by atoms with Gasteiger partial charge in [0.15, 0.2) is 0 Å². The van der Waals surface area contributed by atoms with Crippen molar-refractivity contribution in [3.63, 3.8) is 0 Å². The van der Waals surface area contributed by atoms with Crippen LogP contribution in [0.15, 0.2) is 30.5 Å². The van der Waals surface area contributed by atoms with Crippen molar-refractivity contribution in [2.75, 3.05) is 25.1 Å². The van der Waals surface area contributed by atoms with Gasteiger partial charge in [-0.05, 0) is 76.0 Å². The van der Waals surface area contributed by atoms with Crippen LogP contribution in [0.5, 0.6) is 0 Å². The minimum atomic E-state index is -0.764. The summed E-state index contributed by atoms with van der Waals surface area (Å²) in [6.45, 7) is 3.69. The number of hydrogen-bond donors (Lipinski definition) is 3. The molecule has 2 aromatic rings. The number of carboxylic acids is 1. The topological polar surface area (TPSA) is 120 Å². The first kappa shape index (κ1) is 27.3. The maximum atomic E-state index is 10.9. The third kappa shape index (κ3) is 7.64. The van der Waals surface area contributed by atoms with Crippen LogP contribution in [0.1, 0.15) is 57.6 Å². The molecule has 3 N–H and O–H groups in total. The number of nitriles is 1. The highest BCUT2D eigenvalue weighted by Gasteiger charge is 2.32. The minimum Gasteiger partial charge on any atom is -0.481 e. The van der Waals surface area contributed by atoms with Gasteiger partial charge in [0.25, 0.3) is 0 Å². The van der Waals surface area contributed by atoms with Gasteiger partial charge in [-0.1, -0.05) is 17.7 Å². The summed E-state index contributed by atoms with van der Waals surface area (Å²) in [5, 5.41) is 26.1. The van der Waals surface area contributed by atoms with E-state index in [2.05, 4.69) is 21.7 Å². The predicted octanol–water partition coefficient (Wildman–Crippen LogP) is 5.08. The lowest BCUT2D eigenvalue weighted by atomic mass is 9.82. The molecule has 198 valence electrons. The molecule has 0 unspecified atom stereocenters. The van der Waals surface area contributed by atoms with Gasteiger partial charge in [-0.15, -0.1) is 0 Å². The molecule has 0 spiro atoms. The van der Waals surface area contributed by atoms with E-state index >= 15 is 0 Å². The van der Waals surface area contributed by atoms with Crippen LogP contribution in [-0.2, 0) is 16.0 Å². The highest BCUT2D eigenvalue weighted by Crippen LogP contribution is 2.32. The van der Waals surface area contributed by atoms with E-state index in [9.17, 15) is 10.1 Å². The van der Waals surface area contributed by atoms with E-state index in [0.717, 1.165) is 67.7 Å². The number of nitrogens with one attached hydrogen (secondary N) is 2. The van der Waals surface area contributed by atoms with E-state index < -0.39 is 11.4 Å². The Bertz CT molecular complexity index is 1110. The Labute approximate surface area is 223 Å². The molecule has 9 heteroatoms. The maximum absolute atomic E-state index is 10.9. The number of ether oxygens (including phenoxy) is 1. The van der Waals surface area contributed by atoms with Crippen LogP contribution in [0, 0.1) is 22.7 Å². The Morgan fingerprint density at radius 3 is 2.76 bits per heavy atom. The van der Waals surface area contributed by atoms with Gasteiger partial charge in [-0.2, -0.15) is 5.26 Å². The van der Waals surface area contributed by atoms with Crippen LogP contribution < -0.4 is 10.6 Å². The summed E-state index contributed by atoms with van der Waals surface area (Å²) in [6, 6.07) is 10.7. The third-order valence-electron chi connectivity index (χ3n) is 7.58. The Hall–Kier alpha value is -2.73. The highest BCUT2D eigenvalue weighted by atomic mass is 35.5. The van der Waals surface area contributed by atoms with Crippen molar-refractivity contribution >= 4 is 23.4 Å². The molecule has 1 saturated carbocycles. The van der Waals surface area contributed by atoms with Gasteiger partial charge in [-0.3, -0.25) is 9.78 Å². The molecule has 0 amide bonds. The van der Waals surface area contributed by atoms with Gasteiger partial charge in [-0.25, -0.2) is 4.98 Å². The van der Waals surface area contributed by atoms with Crippen LogP contribution in [0.25, 0.3) is 11.3 Å². The second-order valence-corrected chi connectivity index (χ2v) is 10.9. The average molecular weight is 526 g/mol. The van der Waals surface area contributed by atoms with Gasteiger partial charge < -0.3 is 20.5 Å². The van der Waals surface area contributed by atoms with Gasteiger partial charge in [0.1, 0.15) is 5.82 Å². The monoisotopic (exact) mass is 525 g/mol. The fourth-order valence-corrected chi connectivity index (χ4v) is 5.58. The van der Waals surface area contributed by atoms with Crippen LogP contribution in [0.4, 0.5) is 5.82 Å². The number of nitrogens with zero attached hydrogens (tertiary/aromatic N) is 3. The minimum absolute atomic E-state index is 0.0144. The molecule has 37 heavy (non-hydrogen) atoms. The van der Waals surface area contributed by atoms with E-state index in [1.54, 1.807) is 6.20 Å². The van der Waals surface area contributed by atoms with Crippen molar-refractivity contribution in [2.45, 2.75) is 70.4 Å². The number of carboxylic acid groups (broad SMARTS) is 1. The summed E-state index contributed by atoms with van der Waals surface area (Å²) in [6.07, 6.45) is 8.43. The predicted molar refractivity (Wildman–Crippen MR) is 143 cm³/mol. The number of halogens is 1. The molecule has 1 atom stereocenters. The van der Waals surface area contributed by atoms with E-state index in [4.69, 9.17) is 26.4 Å². The number of pyridine rings is 2. The Morgan fingerprint density at radius 2 is 2.05 bits per heavy atom. The second-order valence-electron chi connectivity index (χ2n) is 10.5. The largest absolute Gasteiger partial charge is 0.481 e. The van der Waals surface area contributed by atoms with Crippen molar-refractivity contribution in [2.24, 2.45) is 11.3 Å². The molecule has 1 saturated heterocycles. The summed E-state index contributed by atoms with van der Waals surface area (Å²) in [5.74, 6) is 0.493. The quantitative estimate of drug-likeness (QED) is 0.392. The lowest BCUT2D eigenvalue weighted by molar-refractivity contribution is -0.137. The molecule has 0 radical (unpaired) electrons. The van der Waals surface area contributed by atoms with Gasteiger partial charge >= 0.3 is 5.97 Å². The summed E-state index contributed by atoms with van der Waals surface area (Å²) in [7, 11) is 0.